The molecule has 6 heteroatoms. The fourth-order valence-electron chi connectivity index (χ4n) is 3.40. The van der Waals surface area contributed by atoms with Crippen LogP contribution in [0.25, 0.3) is 11.0 Å². The van der Waals surface area contributed by atoms with E-state index in [1.165, 1.54) is 6.07 Å². The molecule has 1 saturated heterocycles. The molecule has 3 heterocycles. The first-order valence-corrected chi connectivity index (χ1v) is 8.93. The van der Waals surface area contributed by atoms with Crippen LogP contribution >= 0.6 is 0 Å². The highest BCUT2D eigenvalue weighted by Crippen LogP contribution is 2.23. The molecule has 6 nitrogen and oxygen atoms in total. The van der Waals surface area contributed by atoms with Crippen molar-refractivity contribution >= 4 is 16.9 Å². The number of benzene rings is 1. The Morgan fingerprint density at radius 2 is 2.19 bits per heavy atom. The minimum absolute atomic E-state index is 0.0281. The average Bonchev–Trinajstić information content (AvgIpc) is 2.68. The maximum Gasteiger partial charge on any atom is 0.336 e. The van der Waals surface area contributed by atoms with Gasteiger partial charge in [0.1, 0.15) is 11.7 Å². The van der Waals surface area contributed by atoms with E-state index in [1.807, 2.05) is 37.3 Å². The SMILES string of the molecule is Cc1ccc2c(CC(=O)N3CCOC(c4cccnc4)C3)cc(=O)oc2c1. The molecule has 1 aliphatic heterocycles. The Bertz CT molecular complexity index is 1030. The molecule has 27 heavy (non-hydrogen) atoms. The number of carbonyl (C=O) groups is 1. The molecule has 0 spiro atoms. The van der Waals surface area contributed by atoms with Crippen LogP contribution in [0.15, 0.2) is 58.0 Å². The lowest BCUT2D eigenvalue weighted by molar-refractivity contribution is -0.138. The molecular weight excluding hydrogens is 344 g/mol. The first kappa shape index (κ1) is 17.4. The summed E-state index contributed by atoms with van der Waals surface area (Å²) in [5, 5.41) is 0.797. The Hall–Kier alpha value is -2.99. The van der Waals surface area contributed by atoms with E-state index in [2.05, 4.69) is 4.98 Å². The second-order valence-corrected chi connectivity index (χ2v) is 6.75. The van der Waals surface area contributed by atoms with E-state index in [4.69, 9.17) is 9.15 Å². The van der Waals surface area contributed by atoms with E-state index in [9.17, 15) is 9.59 Å². The fourth-order valence-corrected chi connectivity index (χ4v) is 3.40. The molecule has 1 unspecified atom stereocenters. The molecule has 0 bridgehead atoms. The van der Waals surface area contributed by atoms with Gasteiger partial charge in [0.05, 0.1) is 19.6 Å². The summed E-state index contributed by atoms with van der Waals surface area (Å²) in [6.45, 7) is 3.42. The van der Waals surface area contributed by atoms with Crippen molar-refractivity contribution in [3.63, 3.8) is 0 Å². The van der Waals surface area contributed by atoms with Crippen molar-refractivity contribution in [2.24, 2.45) is 0 Å². The first-order chi connectivity index (χ1) is 13.1. The van der Waals surface area contributed by atoms with Gasteiger partial charge in [-0.05, 0) is 30.2 Å². The van der Waals surface area contributed by atoms with Crippen LogP contribution in [0.5, 0.6) is 0 Å². The lowest BCUT2D eigenvalue weighted by Crippen LogP contribution is -2.43. The second-order valence-electron chi connectivity index (χ2n) is 6.75. The van der Waals surface area contributed by atoms with Gasteiger partial charge < -0.3 is 14.1 Å². The monoisotopic (exact) mass is 364 g/mol. The summed E-state index contributed by atoms with van der Waals surface area (Å²) in [6, 6.07) is 10.9. The second kappa shape index (κ2) is 7.32. The van der Waals surface area contributed by atoms with Gasteiger partial charge in [0.2, 0.25) is 5.91 Å². The van der Waals surface area contributed by atoms with Gasteiger partial charge in [0.25, 0.3) is 0 Å². The average molecular weight is 364 g/mol. The summed E-state index contributed by atoms with van der Waals surface area (Å²) < 4.78 is 11.1. The van der Waals surface area contributed by atoms with Gasteiger partial charge in [-0.3, -0.25) is 9.78 Å². The van der Waals surface area contributed by atoms with Crippen LogP contribution < -0.4 is 5.63 Å². The predicted octanol–water partition coefficient (Wildman–Crippen LogP) is 2.64. The molecular formula is C21H20N2O4. The smallest absolute Gasteiger partial charge is 0.336 e. The lowest BCUT2D eigenvalue weighted by atomic mass is 10.0. The van der Waals surface area contributed by atoms with Crippen LogP contribution in [0.3, 0.4) is 0 Å². The van der Waals surface area contributed by atoms with Crippen molar-refractivity contribution in [3.8, 4) is 0 Å². The van der Waals surface area contributed by atoms with E-state index in [-0.39, 0.29) is 18.4 Å². The van der Waals surface area contributed by atoms with Crippen molar-refractivity contribution < 1.29 is 13.9 Å². The van der Waals surface area contributed by atoms with Crippen LogP contribution in [-0.2, 0) is 16.0 Å². The zero-order chi connectivity index (χ0) is 18.8. The molecule has 3 aromatic rings. The standard InChI is InChI=1S/C21H20N2O4/c1-14-4-5-17-16(11-21(25)27-18(17)9-14)10-20(24)23-7-8-26-19(13-23)15-3-2-6-22-12-15/h2-6,9,11-12,19H,7-8,10,13H2,1H3. The lowest BCUT2D eigenvalue weighted by Gasteiger charge is -2.33. The Balaban J connectivity index is 1.55. The Morgan fingerprint density at radius 1 is 1.30 bits per heavy atom. The Morgan fingerprint density at radius 3 is 3.00 bits per heavy atom. The van der Waals surface area contributed by atoms with Crippen LogP contribution in [0.2, 0.25) is 0 Å². The highest BCUT2D eigenvalue weighted by molar-refractivity contribution is 5.87. The van der Waals surface area contributed by atoms with Crippen LogP contribution in [-0.4, -0.2) is 35.5 Å². The fraction of sp³-hybridized carbons (Fsp3) is 0.286. The van der Waals surface area contributed by atoms with Gasteiger partial charge in [-0.2, -0.15) is 0 Å². The third kappa shape index (κ3) is 3.75. The van der Waals surface area contributed by atoms with E-state index in [1.54, 1.807) is 17.3 Å². The van der Waals surface area contributed by atoms with E-state index in [0.717, 1.165) is 16.5 Å². The highest BCUT2D eigenvalue weighted by Gasteiger charge is 2.26. The topological polar surface area (TPSA) is 72.6 Å². The molecule has 1 aromatic carbocycles. The zero-order valence-electron chi connectivity index (χ0n) is 15.1. The van der Waals surface area contributed by atoms with Crippen LogP contribution in [0, 0.1) is 6.92 Å². The number of morpholine rings is 1. The molecule has 1 aliphatic rings. The maximum absolute atomic E-state index is 12.9. The molecule has 1 amide bonds. The molecule has 138 valence electrons. The van der Waals surface area contributed by atoms with Crippen molar-refractivity contribution in [3.05, 3.63) is 75.9 Å². The largest absolute Gasteiger partial charge is 0.423 e. The molecule has 0 saturated carbocycles. The number of aryl methyl sites for hydroxylation is 1. The number of aromatic nitrogens is 1. The summed E-state index contributed by atoms with van der Waals surface area (Å²) in [7, 11) is 0. The van der Waals surface area contributed by atoms with Gasteiger partial charge in [-0.25, -0.2) is 4.79 Å². The summed E-state index contributed by atoms with van der Waals surface area (Å²) >= 11 is 0. The number of pyridine rings is 1. The quantitative estimate of drug-likeness (QED) is 0.668. The molecule has 0 radical (unpaired) electrons. The van der Waals surface area contributed by atoms with Crippen molar-refractivity contribution in [2.45, 2.75) is 19.4 Å². The number of fused-ring (bicyclic) bond motifs is 1. The third-order valence-electron chi connectivity index (χ3n) is 4.80. The van der Waals surface area contributed by atoms with Gasteiger partial charge in [-0.15, -0.1) is 0 Å². The predicted molar refractivity (Wildman–Crippen MR) is 100 cm³/mol. The molecule has 4 rings (SSSR count). The summed E-state index contributed by atoms with van der Waals surface area (Å²) in [6.07, 6.45) is 3.45. The highest BCUT2D eigenvalue weighted by atomic mass is 16.5. The van der Waals surface area contributed by atoms with Crippen LogP contribution in [0.1, 0.15) is 22.8 Å². The molecule has 1 fully saturated rings. The van der Waals surface area contributed by atoms with Gasteiger partial charge >= 0.3 is 5.63 Å². The maximum atomic E-state index is 12.9. The number of hydrogen-bond donors (Lipinski definition) is 0. The minimum Gasteiger partial charge on any atom is -0.423 e. The van der Waals surface area contributed by atoms with Crippen LogP contribution in [0.4, 0.5) is 0 Å². The van der Waals surface area contributed by atoms with Gasteiger partial charge in [0.15, 0.2) is 0 Å². The normalized spacial score (nSPS) is 17.2. The summed E-state index contributed by atoms with van der Waals surface area (Å²) in [5.41, 5.74) is 2.72. The Kier molecular flexibility index (Phi) is 4.73. The molecule has 0 N–H and O–H groups in total. The van der Waals surface area contributed by atoms with E-state index >= 15 is 0 Å². The number of nitrogens with zero attached hydrogens (tertiary/aromatic N) is 2. The van der Waals surface area contributed by atoms with Crippen molar-refractivity contribution in [1.29, 1.82) is 0 Å². The number of ether oxygens (including phenoxy) is 1. The third-order valence-corrected chi connectivity index (χ3v) is 4.80. The number of amides is 1. The zero-order valence-corrected chi connectivity index (χ0v) is 15.1. The minimum atomic E-state index is -0.439. The molecule has 0 aliphatic carbocycles. The summed E-state index contributed by atoms with van der Waals surface area (Å²) in [4.78, 5) is 30.7. The van der Waals surface area contributed by atoms with E-state index in [0.29, 0.717) is 30.8 Å². The molecule has 1 atom stereocenters. The Labute approximate surface area is 156 Å². The number of carbonyl (C=O) groups excluding carboxylic acids is 1. The van der Waals surface area contributed by atoms with Gasteiger partial charge in [-0.1, -0.05) is 18.2 Å². The van der Waals surface area contributed by atoms with E-state index < -0.39 is 5.63 Å². The van der Waals surface area contributed by atoms with Crippen molar-refractivity contribution in [1.82, 2.24) is 9.88 Å². The number of hydrogen-bond acceptors (Lipinski definition) is 5. The molecule has 2 aromatic heterocycles. The number of rotatable bonds is 3. The first-order valence-electron chi connectivity index (χ1n) is 8.93. The van der Waals surface area contributed by atoms with Gasteiger partial charge in [0, 0.05) is 36.0 Å². The van der Waals surface area contributed by atoms with Crippen molar-refractivity contribution in [2.75, 3.05) is 19.7 Å². The summed E-state index contributed by atoms with van der Waals surface area (Å²) in [5.74, 6) is -0.0281.